The highest BCUT2D eigenvalue weighted by molar-refractivity contribution is 5.92. The summed E-state index contributed by atoms with van der Waals surface area (Å²) in [5, 5.41) is 2.80. The molecule has 1 aromatic carbocycles. The van der Waals surface area contributed by atoms with Crippen LogP contribution in [0.2, 0.25) is 0 Å². The molecule has 20 heavy (non-hydrogen) atoms. The lowest BCUT2D eigenvalue weighted by Gasteiger charge is -2.22. The topological polar surface area (TPSA) is 73.6 Å². The summed E-state index contributed by atoms with van der Waals surface area (Å²) in [7, 11) is 0. The molecule has 3 N–H and O–H groups in total. The van der Waals surface area contributed by atoms with E-state index in [0.717, 1.165) is 30.7 Å². The summed E-state index contributed by atoms with van der Waals surface area (Å²) in [5.74, 6) is -0.172. The minimum atomic E-state index is -0.172. The summed E-state index contributed by atoms with van der Waals surface area (Å²) < 4.78 is 10.9. The fraction of sp³-hybridized carbons (Fsp3) is 0.533. The fourth-order valence-corrected chi connectivity index (χ4v) is 2.18. The zero-order chi connectivity index (χ0) is 14.4. The summed E-state index contributed by atoms with van der Waals surface area (Å²) >= 11 is 0. The van der Waals surface area contributed by atoms with Crippen molar-refractivity contribution in [3.8, 4) is 0 Å². The molecule has 1 aromatic rings. The number of nitrogen functional groups attached to an aromatic ring is 1. The highest BCUT2D eigenvalue weighted by Crippen LogP contribution is 2.18. The van der Waals surface area contributed by atoms with E-state index >= 15 is 0 Å². The highest BCUT2D eigenvalue weighted by Gasteiger charge is 2.14. The third-order valence-corrected chi connectivity index (χ3v) is 3.35. The Morgan fingerprint density at radius 3 is 3.10 bits per heavy atom. The summed E-state index contributed by atoms with van der Waals surface area (Å²) in [4.78, 5) is 11.8. The van der Waals surface area contributed by atoms with E-state index in [4.69, 9.17) is 15.2 Å². The molecule has 0 aromatic heterocycles. The van der Waals surface area contributed by atoms with E-state index in [-0.39, 0.29) is 18.6 Å². The van der Waals surface area contributed by atoms with Crippen molar-refractivity contribution < 1.29 is 14.3 Å². The van der Waals surface area contributed by atoms with Crippen molar-refractivity contribution in [1.29, 1.82) is 0 Å². The van der Waals surface area contributed by atoms with Crippen molar-refractivity contribution in [3.63, 3.8) is 0 Å². The lowest BCUT2D eigenvalue weighted by molar-refractivity contribution is -0.122. The second-order valence-corrected chi connectivity index (χ2v) is 5.13. The van der Waals surface area contributed by atoms with Gasteiger partial charge in [0.2, 0.25) is 5.91 Å². The van der Waals surface area contributed by atoms with Crippen LogP contribution in [0.4, 0.5) is 11.4 Å². The predicted molar refractivity (Wildman–Crippen MR) is 78.6 cm³/mol. The Kier molecular flexibility index (Phi) is 5.38. The van der Waals surface area contributed by atoms with Gasteiger partial charge < -0.3 is 20.5 Å². The molecular formula is C15H22N2O3. The molecule has 0 aliphatic carbocycles. The Morgan fingerprint density at radius 1 is 1.50 bits per heavy atom. The first-order chi connectivity index (χ1) is 9.65. The Labute approximate surface area is 119 Å². The van der Waals surface area contributed by atoms with Gasteiger partial charge >= 0.3 is 0 Å². The minimum Gasteiger partial charge on any atom is -0.399 e. The molecule has 1 unspecified atom stereocenters. The smallest absolute Gasteiger partial charge is 0.250 e. The SMILES string of the molecule is Cc1ccc(N)cc1NC(=O)COCC1CCCCO1. The van der Waals surface area contributed by atoms with E-state index < -0.39 is 0 Å². The van der Waals surface area contributed by atoms with Crippen molar-refractivity contribution in [1.82, 2.24) is 0 Å². The molecule has 0 spiro atoms. The monoisotopic (exact) mass is 278 g/mol. The summed E-state index contributed by atoms with van der Waals surface area (Å²) in [5.41, 5.74) is 8.03. The molecule has 1 heterocycles. The quantitative estimate of drug-likeness (QED) is 0.809. The molecule has 1 amide bonds. The van der Waals surface area contributed by atoms with Crippen molar-refractivity contribution >= 4 is 17.3 Å². The van der Waals surface area contributed by atoms with Crippen LogP contribution in [0, 0.1) is 6.92 Å². The molecule has 0 saturated carbocycles. The molecule has 1 atom stereocenters. The van der Waals surface area contributed by atoms with Gasteiger partial charge in [-0.1, -0.05) is 6.07 Å². The average molecular weight is 278 g/mol. The third kappa shape index (κ3) is 4.51. The number of amides is 1. The van der Waals surface area contributed by atoms with Crippen LogP contribution in [0.5, 0.6) is 0 Å². The zero-order valence-electron chi connectivity index (χ0n) is 11.9. The molecule has 0 bridgehead atoms. The molecule has 5 nitrogen and oxygen atoms in total. The zero-order valence-corrected chi connectivity index (χ0v) is 11.9. The molecule has 1 aliphatic rings. The van der Waals surface area contributed by atoms with Crippen molar-refractivity contribution in [2.45, 2.75) is 32.3 Å². The van der Waals surface area contributed by atoms with Gasteiger partial charge in [0.05, 0.1) is 12.7 Å². The molecule has 2 rings (SSSR count). The predicted octanol–water partition coefficient (Wildman–Crippen LogP) is 2.10. The maximum absolute atomic E-state index is 11.8. The number of benzene rings is 1. The van der Waals surface area contributed by atoms with Crippen LogP contribution in [0.25, 0.3) is 0 Å². The lowest BCUT2D eigenvalue weighted by Crippen LogP contribution is -2.27. The highest BCUT2D eigenvalue weighted by atomic mass is 16.5. The first-order valence-electron chi connectivity index (χ1n) is 7.00. The van der Waals surface area contributed by atoms with E-state index in [1.54, 1.807) is 6.07 Å². The number of carbonyl (C=O) groups is 1. The largest absolute Gasteiger partial charge is 0.399 e. The number of nitrogens with two attached hydrogens (primary N) is 1. The van der Waals surface area contributed by atoms with Gasteiger partial charge in [-0.3, -0.25) is 4.79 Å². The second-order valence-electron chi connectivity index (χ2n) is 5.13. The number of aryl methyl sites for hydroxylation is 1. The van der Waals surface area contributed by atoms with Crippen molar-refractivity contribution in [2.24, 2.45) is 0 Å². The maximum Gasteiger partial charge on any atom is 0.250 e. The summed E-state index contributed by atoms with van der Waals surface area (Å²) in [6, 6.07) is 5.43. The number of nitrogens with one attached hydrogen (secondary N) is 1. The van der Waals surface area contributed by atoms with E-state index in [0.29, 0.717) is 12.3 Å². The maximum atomic E-state index is 11.8. The van der Waals surface area contributed by atoms with Crippen LogP contribution in [0.15, 0.2) is 18.2 Å². The van der Waals surface area contributed by atoms with E-state index in [9.17, 15) is 4.79 Å². The molecule has 110 valence electrons. The second kappa shape index (κ2) is 7.26. The number of ether oxygens (including phenoxy) is 2. The number of hydrogen-bond acceptors (Lipinski definition) is 4. The average Bonchev–Trinajstić information content (AvgIpc) is 2.44. The van der Waals surface area contributed by atoms with Gasteiger partial charge in [-0.15, -0.1) is 0 Å². The first kappa shape index (κ1) is 14.8. The normalized spacial score (nSPS) is 18.8. The third-order valence-electron chi connectivity index (χ3n) is 3.35. The standard InChI is InChI=1S/C15H22N2O3/c1-11-5-6-12(16)8-14(11)17-15(18)10-19-9-13-4-2-3-7-20-13/h5-6,8,13H,2-4,7,9-10,16H2,1H3,(H,17,18). The number of rotatable bonds is 5. The Balaban J connectivity index is 1.73. The molecular weight excluding hydrogens is 256 g/mol. The summed E-state index contributed by atoms with van der Waals surface area (Å²) in [6.07, 6.45) is 3.43. The summed E-state index contributed by atoms with van der Waals surface area (Å²) in [6.45, 7) is 3.23. The number of carbonyl (C=O) groups excluding carboxylic acids is 1. The molecule has 5 heteroatoms. The van der Waals surface area contributed by atoms with Gasteiger partial charge in [0.1, 0.15) is 6.61 Å². The van der Waals surface area contributed by atoms with Crippen LogP contribution in [0.1, 0.15) is 24.8 Å². The van der Waals surface area contributed by atoms with Crippen LogP contribution < -0.4 is 11.1 Å². The Hall–Kier alpha value is -1.59. The van der Waals surface area contributed by atoms with E-state index in [1.165, 1.54) is 6.42 Å². The van der Waals surface area contributed by atoms with Gasteiger partial charge in [0.15, 0.2) is 0 Å². The Bertz CT molecular complexity index is 456. The van der Waals surface area contributed by atoms with E-state index in [1.807, 2.05) is 19.1 Å². The fourth-order valence-electron chi connectivity index (χ4n) is 2.18. The van der Waals surface area contributed by atoms with Gasteiger partial charge in [-0.05, 0) is 43.9 Å². The van der Waals surface area contributed by atoms with Crippen LogP contribution in [-0.4, -0.2) is 31.8 Å². The number of anilines is 2. The van der Waals surface area contributed by atoms with Crippen LogP contribution in [0.3, 0.4) is 0 Å². The van der Waals surface area contributed by atoms with E-state index in [2.05, 4.69) is 5.32 Å². The number of hydrogen-bond donors (Lipinski definition) is 2. The lowest BCUT2D eigenvalue weighted by atomic mass is 10.1. The van der Waals surface area contributed by atoms with Gasteiger partial charge in [0.25, 0.3) is 0 Å². The van der Waals surface area contributed by atoms with Gasteiger partial charge in [-0.25, -0.2) is 0 Å². The van der Waals surface area contributed by atoms with Gasteiger partial charge in [-0.2, -0.15) is 0 Å². The van der Waals surface area contributed by atoms with Crippen molar-refractivity contribution in [2.75, 3.05) is 30.9 Å². The van der Waals surface area contributed by atoms with Crippen LogP contribution >= 0.6 is 0 Å². The Morgan fingerprint density at radius 2 is 2.35 bits per heavy atom. The first-order valence-corrected chi connectivity index (χ1v) is 7.00. The minimum absolute atomic E-state index is 0.0358. The van der Waals surface area contributed by atoms with Gasteiger partial charge in [0, 0.05) is 18.0 Å². The molecule has 0 radical (unpaired) electrons. The van der Waals surface area contributed by atoms with Crippen molar-refractivity contribution in [3.05, 3.63) is 23.8 Å². The molecule has 1 fully saturated rings. The van der Waals surface area contributed by atoms with Crippen LogP contribution in [-0.2, 0) is 14.3 Å². The molecule has 1 aliphatic heterocycles. The molecule has 1 saturated heterocycles.